The molecule has 1 aromatic heterocycles. The Morgan fingerprint density at radius 3 is 2.62 bits per heavy atom. The fourth-order valence-corrected chi connectivity index (χ4v) is 2.84. The third kappa shape index (κ3) is 3.27. The largest absolute Gasteiger partial charge is 0.328 e. The SMILES string of the molecule is CCN(c1cccc(C)c1)c1c(CC(C)N)c(C)nn1C. The van der Waals surface area contributed by atoms with Gasteiger partial charge in [0.25, 0.3) is 0 Å². The molecule has 2 aromatic rings. The standard InChI is InChI=1S/C17H26N4/c1-6-21(15-9-7-8-12(2)10-15)17-16(11-13(3)18)14(4)19-20(17)5/h7-10,13H,6,11,18H2,1-5H3. The van der Waals surface area contributed by atoms with E-state index in [9.17, 15) is 0 Å². The van der Waals surface area contributed by atoms with Crippen LogP contribution >= 0.6 is 0 Å². The summed E-state index contributed by atoms with van der Waals surface area (Å²) in [7, 11) is 2.01. The van der Waals surface area contributed by atoms with E-state index in [1.54, 1.807) is 0 Å². The highest BCUT2D eigenvalue weighted by molar-refractivity contribution is 5.65. The molecule has 4 heteroatoms. The minimum Gasteiger partial charge on any atom is -0.328 e. The van der Waals surface area contributed by atoms with Crippen LogP contribution in [-0.2, 0) is 13.5 Å². The molecule has 0 bridgehead atoms. The zero-order valence-corrected chi connectivity index (χ0v) is 13.7. The van der Waals surface area contributed by atoms with E-state index in [-0.39, 0.29) is 6.04 Å². The van der Waals surface area contributed by atoms with Crippen molar-refractivity contribution in [2.45, 2.75) is 40.2 Å². The van der Waals surface area contributed by atoms with Gasteiger partial charge in [-0.15, -0.1) is 0 Å². The number of rotatable bonds is 5. The van der Waals surface area contributed by atoms with Gasteiger partial charge in [-0.05, 0) is 51.8 Å². The molecule has 21 heavy (non-hydrogen) atoms. The van der Waals surface area contributed by atoms with Crippen molar-refractivity contribution >= 4 is 11.5 Å². The first-order chi connectivity index (χ1) is 9.93. The van der Waals surface area contributed by atoms with Crippen LogP contribution in [0.15, 0.2) is 24.3 Å². The molecule has 114 valence electrons. The van der Waals surface area contributed by atoms with E-state index in [0.717, 1.165) is 24.5 Å². The Hall–Kier alpha value is -1.81. The van der Waals surface area contributed by atoms with Gasteiger partial charge in [-0.3, -0.25) is 4.68 Å². The average Bonchev–Trinajstić information content (AvgIpc) is 2.66. The number of benzene rings is 1. The third-order valence-electron chi connectivity index (χ3n) is 3.72. The second-order valence-corrected chi connectivity index (χ2v) is 5.78. The summed E-state index contributed by atoms with van der Waals surface area (Å²) < 4.78 is 1.97. The van der Waals surface area contributed by atoms with Gasteiger partial charge in [-0.25, -0.2) is 0 Å². The molecule has 2 N–H and O–H groups in total. The maximum Gasteiger partial charge on any atom is 0.134 e. The molecular formula is C17H26N4. The lowest BCUT2D eigenvalue weighted by molar-refractivity contribution is 0.726. The molecule has 1 aromatic carbocycles. The second kappa shape index (κ2) is 6.31. The van der Waals surface area contributed by atoms with Gasteiger partial charge >= 0.3 is 0 Å². The van der Waals surface area contributed by atoms with E-state index < -0.39 is 0 Å². The van der Waals surface area contributed by atoms with Crippen LogP contribution in [0.1, 0.15) is 30.7 Å². The number of anilines is 2. The highest BCUT2D eigenvalue weighted by atomic mass is 15.4. The molecule has 1 atom stereocenters. The first kappa shape index (κ1) is 15.6. The molecule has 0 saturated heterocycles. The summed E-state index contributed by atoms with van der Waals surface area (Å²) in [5.41, 5.74) is 10.8. The van der Waals surface area contributed by atoms with Crippen molar-refractivity contribution in [2.75, 3.05) is 11.4 Å². The number of nitrogens with zero attached hydrogens (tertiary/aromatic N) is 3. The van der Waals surface area contributed by atoms with Crippen LogP contribution in [0.4, 0.5) is 11.5 Å². The lowest BCUT2D eigenvalue weighted by Gasteiger charge is -2.25. The summed E-state index contributed by atoms with van der Waals surface area (Å²) >= 11 is 0. The molecule has 0 aliphatic carbocycles. The molecule has 0 saturated carbocycles. The first-order valence-electron chi connectivity index (χ1n) is 7.56. The molecule has 0 aliphatic heterocycles. The van der Waals surface area contributed by atoms with Crippen LogP contribution in [-0.4, -0.2) is 22.4 Å². The predicted octanol–water partition coefficient (Wildman–Crippen LogP) is 3.08. The number of nitrogens with two attached hydrogens (primary N) is 1. The van der Waals surface area contributed by atoms with Gasteiger partial charge in [-0.2, -0.15) is 5.10 Å². The molecule has 0 amide bonds. The van der Waals surface area contributed by atoms with E-state index in [1.165, 1.54) is 16.8 Å². The highest BCUT2D eigenvalue weighted by Gasteiger charge is 2.20. The first-order valence-corrected chi connectivity index (χ1v) is 7.56. The minimum atomic E-state index is 0.128. The summed E-state index contributed by atoms with van der Waals surface area (Å²) in [4.78, 5) is 2.31. The van der Waals surface area contributed by atoms with Crippen LogP contribution in [0, 0.1) is 13.8 Å². The van der Waals surface area contributed by atoms with Crippen molar-refractivity contribution in [3.05, 3.63) is 41.1 Å². The molecule has 0 fully saturated rings. The quantitative estimate of drug-likeness (QED) is 0.919. The maximum absolute atomic E-state index is 6.02. The Bertz CT molecular complexity index is 613. The highest BCUT2D eigenvalue weighted by Crippen LogP contribution is 2.31. The van der Waals surface area contributed by atoms with Crippen molar-refractivity contribution in [3.63, 3.8) is 0 Å². The summed E-state index contributed by atoms with van der Waals surface area (Å²) in [6.45, 7) is 9.29. The predicted molar refractivity (Wildman–Crippen MR) is 89.2 cm³/mol. The molecule has 4 nitrogen and oxygen atoms in total. The fraction of sp³-hybridized carbons (Fsp3) is 0.471. The van der Waals surface area contributed by atoms with Crippen molar-refractivity contribution in [1.82, 2.24) is 9.78 Å². The summed E-state index contributed by atoms with van der Waals surface area (Å²) in [5, 5.41) is 4.60. The van der Waals surface area contributed by atoms with E-state index in [0.29, 0.717) is 0 Å². The molecule has 1 unspecified atom stereocenters. The topological polar surface area (TPSA) is 47.1 Å². The number of aromatic nitrogens is 2. The van der Waals surface area contributed by atoms with Crippen molar-refractivity contribution in [1.29, 1.82) is 0 Å². The van der Waals surface area contributed by atoms with E-state index in [4.69, 9.17) is 5.73 Å². The Morgan fingerprint density at radius 2 is 2.05 bits per heavy atom. The van der Waals surface area contributed by atoms with Gasteiger partial charge in [0.1, 0.15) is 5.82 Å². The Kier molecular flexibility index (Phi) is 4.68. The van der Waals surface area contributed by atoms with Crippen molar-refractivity contribution < 1.29 is 0 Å². The molecule has 0 spiro atoms. The smallest absolute Gasteiger partial charge is 0.134 e. The summed E-state index contributed by atoms with van der Waals surface area (Å²) in [6.07, 6.45) is 0.845. The average molecular weight is 286 g/mol. The molecular weight excluding hydrogens is 260 g/mol. The van der Waals surface area contributed by atoms with E-state index in [2.05, 4.69) is 55.0 Å². The van der Waals surface area contributed by atoms with Gasteiger partial charge in [0.05, 0.1) is 5.69 Å². The Labute approximate surface area is 127 Å². The normalized spacial score (nSPS) is 12.5. The van der Waals surface area contributed by atoms with Gasteiger partial charge in [0.15, 0.2) is 0 Å². The fourth-order valence-electron chi connectivity index (χ4n) is 2.84. The maximum atomic E-state index is 6.02. The van der Waals surface area contributed by atoms with Crippen molar-refractivity contribution in [2.24, 2.45) is 12.8 Å². The number of hydrogen-bond donors (Lipinski definition) is 1. The van der Waals surface area contributed by atoms with Gasteiger partial charge in [-0.1, -0.05) is 12.1 Å². The lowest BCUT2D eigenvalue weighted by atomic mass is 10.1. The minimum absolute atomic E-state index is 0.128. The Morgan fingerprint density at radius 1 is 1.33 bits per heavy atom. The number of hydrogen-bond acceptors (Lipinski definition) is 3. The zero-order chi connectivity index (χ0) is 15.6. The van der Waals surface area contributed by atoms with Gasteiger partial charge in [0.2, 0.25) is 0 Å². The Balaban J connectivity index is 2.52. The zero-order valence-electron chi connectivity index (χ0n) is 13.7. The third-order valence-corrected chi connectivity index (χ3v) is 3.72. The second-order valence-electron chi connectivity index (χ2n) is 5.78. The molecule has 0 radical (unpaired) electrons. The molecule has 1 heterocycles. The van der Waals surface area contributed by atoms with Crippen LogP contribution in [0.5, 0.6) is 0 Å². The van der Waals surface area contributed by atoms with Crippen LogP contribution in [0.3, 0.4) is 0 Å². The van der Waals surface area contributed by atoms with Crippen LogP contribution in [0.25, 0.3) is 0 Å². The van der Waals surface area contributed by atoms with Crippen LogP contribution < -0.4 is 10.6 Å². The van der Waals surface area contributed by atoms with Gasteiger partial charge in [0, 0.05) is 30.9 Å². The van der Waals surface area contributed by atoms with E-state index >= 15 is 0 Å². The van der Waals surface area contributed by atoms with Crippen molar-refractivity contribution in [3.8, 4) is 0 Å². The van der Waals surface area contributed by atoms with E-state index in [1.807, 2.05) is 18.7 Å². The lowest BCUT2D eigenvalue weighted by Crippen LogP contribution is -2.23. The summed E-state index contributed by atoms with van der Waals surface area (Å²) in [6, 6.07) is 8.70. The monoisotopic (exact) mass is 286 g/mol. The summed E-state index contributed by atoms with van der Waals surface area (Å²) in [5.74, 6) is 1.15. The number of aryl methyl sites for hydroxylation is 3. The van der Waals surface area contributed by atoms with Gasteiger partial charge < -0.3 is 10.6 Å². The molecule has 0 aliphatic rings. The van der Waals surface area contributed by atoms with Crippen LogP contribution in [0.2, 0.25) is 0 Å². The molecule has 2 rings (SSSR count).